The van der Waals surface area contributed by atoms with E-state index in [4.69, 9.17) is 4.18 Å². The molecule has 25 heavy (non-hydrogen) atoms. The molecule has 3 nitrogen and oxygen atoms in total. The average Bonchev–Trinajstić information content (AvgIpc) is 2.56. The van der Waals surface area contributed by atoms with Crippen LogP contribution in [0.15, 0.2) is 29.2 Å². The van der Waals surface area contributed by atoms with Gasteiger partial charge in [-0.3, -0.25) is 4.18 Å². The van der Waals surface area contributed by atoms with Crippen molar-refractivity contribution in [3.05, 3.63) is 29.8 Å². The van der Waals surface area contributed by atoms with E-state index in [0.717, 1.165) is 18.4 Å². The van der Waals surface area contributed by atoms with E-state index < -0.39 is 10.1 Å². The van der Waals surface area contributed by atoms with E-state index in [1.165, 1.54) is 57.8 Å². The zero-order valence-corrected chi connectivity index (χ0v) is 19.2. The van der Waals surface area contributed by atoms with Crippen LogP contribution >= 0.6 is 0 Å². The Bertz CT molecular complexity index is 544. The predicted octanol–water partition coefficient (Wildman–Crippen LogP) is 5.63. The van der Waals surface area contributed by atoms with Gasteiger partial charge in [0.25, 0.3) is 10.1 Å². The normalized spacial score (nSPS) is 11.3. The van der Waals surface area contributed by atoms with Crippen molar-refractivity contribution in [1.29, 1.82) is 0 Å². The average molecular weight is 378 g/mol. The van der Waals surface area contributed by atoms with Gasteiger partial charge in [-0.15, -0.1) is 0 Å². The van der Waals surface area contributed by atoms with Gasteiger partial charge in [0.15, 0.2) is 0 Å². The van der Waals surface area contributed by atoms with Crippen LogP contribution in [0.4, 0.5) is 0 Å². The third kappa shape index (κ3) is 11.4. The zero-order chi connectivity index (χ0) is 17.7. The molecule has 0 unspecified atom stereocenters. The standard InChI is InChI=1S/C20H34O3S.Na/c1-3-4-5-6-7-8-9-10-11-12-15-18-23-24(21,22)20-17-14-13-16-19(20)2;/h13-14,16-17H,3-12,15,18H2,1-2H3;. The molecule has 0 saturated carbocycles. The second kappa shape index (κ2) is 15.2. The quantitative estimate of drug-likeness (QED) is 0.240. The minimum atomic E-state index is -3.60. The molecule has 0 bridgehead atoms. The predicted molar refractivity (Wildman–Crippen MR) is 107 cm³/mol. The molecule has 5 heteroatoms. The number of rotatable bonds is 14. The number of unbranched alkanes of at least 4 members (excludes halogenated alkanes) is 10. The van der Waals surface area contributed by atoms with Crippen LogP contribution in [-0.2, 0) is 14.3 Å². The van der Waals surface area contributed by atoms with Gasteiger partial charge in [0.2, 0.25) is 0 Å². The van der Waals surface area contributed by atoms with Crippen LogP contribution in [0, 0.1) is 6.92 Å². The molecule has 1 rings (SSSR count). The Kier molecular flexibility index (Phi) is 15.3. The maximum atomic E-state index is 12.1. The molecular formula is C20H34NaO3S. The molecule has 1 aromatic carbocycles. The van der Waals surface area contributed by atoms with Gasteiger partial charge in [-0.05, 0) is 25.0 Å². The van der Waals surface area contributed by atoms with E-state index >= 15 is 0 Å². The summed E-state index contributed by atoms with van der Waals surface area (Å²) in [5.41, 5.74) is 0.733. The number of hydrogen-bond donors (Lipinski definition) is 0. The summed E-state index contributed by atoms with van der Waals surface area (Å²) in [5, 5.41) is 0. The zero-order valence-electron chi connectivity index (χ0n) is 16.4. The fourth-order valence-corrected chi connectivity index (χ4v) is 4.01. The summed E-state index contributed by atoms with van der Waals surface area (Å²) >= 11 is 0. The second-order valence-corrected chi connectivity index (χ2v) is 8.16. The first-order chi connectivity index (χ1) is 11.6. The van der Waals surface area contributed by atoms with Crippen LogP contribution in [-0.4, -0.2) is 44.6 Å². The molecule has 1 radical (unpaired) electrons. The third-order valence-electron chi connectivity index (χ3n) is 4.35. The van der Waals surface area contributed by atoms with Crippen LogP contribution in [0.25, 0.3) is 0 Å². The molecule has 0 heterocycles. The molecule has 0 aliphatic heterocycles. The van der Waals surface area contributed by atoms with Gasteiger partial charge in [-0.1, -0.05) is 89.3 Å². The van der Waals surface area contributed by atoms with E-state index in [0.29, 0.717) is 0 Å². The van der Waals surface area contributed by atoms with Gasteiger partial charge in [-0.2, -0.15) is 8.42 Å². The molecule has 0 aliphatic carbocycles. The Morgan fingerprint density at radius 3 is 1.80 bits per heavy atom. The van der Waals surface area contributed by atoms with Crippen molar-refractivity contribution in [2.45, 2.75) is 89.4 Å². The van der Waals surface area contributed by atoms with E-state index in [1.807, 2.05) is 6.07 Å². The van der Waals surface area contributed by atoms with Gasteiger partial charge < -0.3 is 0 Å². The van der Waals surface area contributed by atoms with Crippen LogP contribution in [0.1, 0.15) is 83.1 Å². The maximum absolute atomic E-state index is 12.1. The smallest absolute Gasteiger partial charge is 0.266 e. The third-order valence-corrected chi connectivity index (χ3v) is 5.82. The first-order valence-electron chi connectivity index (χ1n) is 9.53. The summed E-state index contributed by atoms with van der Waals surface area (Å²) in [4.78, 5) is 0.285. The Hall–Kier alpha value is 0.130. The summed E-state index contributed by atoms with van der Waals surface area (Å²) in [5.74, 6) is 0. The maximum Gasteiger partial charge on any atom is 0.297 e. The monoisotopic (exact) mass is 377 g/mol. The molecular weight excluding hydrogens is 343 g/mol. The molecule has 0 saturated heterocycles. The number of hydrogen-bond acceptors (Lipinski definition) is 3. The Labute approximate surface area is 177 Å². The second-order valence-electron chi connectivity index (χ2n) is 6.58. The summed E-state index contributed by atoms with van der Waals surface area (Å²) in [6, 6.07) is 6.95. The molecule has 0 amide bonds. The Morgan fingerprint density at radius 1 is 0.800 bits per heavy atom. The molecule has 0 aliphatic rings. The van der Waals surface area contributed by atoms with Crippen molar-refractivity contribution in [1.82, 2.24) is 0 Å². The summed E-state index contributed by atoms with van der Waals surface area (Å²) in [6.45, 7) is 4.32. The van der Waals surface area contributed by atoms with Gasteiger partial charge in [0.05, 0.1) is 11.5 Å². The molecule has 0 fully saturated rings. The fourth-order valence-electron chi connectivity index (χ4n) is 2.84. The van der Waals surface area contributed by atoms with E-state index in [-0.39, 0.29) is 41.1 Å². The van der Waals surface area contributed by atoms with Crippen molar-refractivity contribution in [2.75, 3.05) is 6.61 Å². The van der Waals surface area contributed by atoms with Crippen molar-refractivity contribution in [3.63, 3.8) is 0 Å². The first-order valence-corrected chi connectivity index (χ1v) is 10.9. The van der Waals surface area contributed by atoms with Gasteiger partial charge in [-0.25, -0.2) is 0 Å². The number of benzene rings is 1. The SMILES string of the molecule is CCCCCCCCCCCCCOS(=O)(=O)c1ccccc1C.[Na]. The molecule has 139 valence electrons. The van der Waals surface area contributed by atoms with Crippen molar-refractivity contribution < 1.29 is 12.6 Å². The van der Waals surface area contributed by atoms with Crippen molar-refractivity contribution in [2.24, 2.45) is 0 Å². The largest absolute Gasteiger partial charge is 0.297 e. The molecule has 0 spiro atoms. The minimum absolute atomic E-state index is 0. The van der Waals surface area contributed by atoms with Crippen LogP contribution < -0.4 is 0 Å². The molecule has 0 atom stereocenters. The van der Waals surface area contributed by atoms with Gasteiger partial charge >= 0.3 is 0 Å². The summed E-state index contributed by atoms with van der Waals surface area (Å²) < 4.78 is 29.4. The Balaban J connectivity index is 0.00000576. The van der Waals surface area contributed by atoms with Crippen LogP contribution in [0.5, 0.6) is 0 Å². The topological polar surface area (TPSA) is 43.4 Å². The van der Waals surface area contributed by atoms with E-state index in [2.05, 4.69) is 6.92 Å². The van der Waals surface area contributed by atoms with E-state index in [1.54, 1.807) is 25.1 Å². The van der Waals surface area contributed by atoms with E-state index in [9.17, 15) is 8.42 Å². The van der Waals surface area contributed by atoms with Gasteiger partial charge in [0, 0.05) is 29.6 Å². The van der Waals surface area contributed by atoms with Crippen LogP contribution in [0.3, 0.4) is 0 Å². The van der Waals surface area contributed by atoms with Crippen LogP contribution in [0.2, 0.25) is 0 Å². The summed E-state index contributed by atoms with van der Waals surface area (Å²) in [7, 11) is -3.60. The Morgan fingerprint density at radius 2 is 1.28 bits per heavy atom. The molecule has 1 aromatic rings. The minimum Gasteiger partial charge on any atom is -0.266 e. The first kappa shape index (κ1) is 25.1. The van der Waals surface area contributed by atoms with Crippen molar-refractivity contribution in [3.8, 4) is 0 Å². The fraction of sp³-hybridized carbons (Fsp3) is 0.700. The molecule has 0 aromatic heterocycles. The number of aryl methyl sites for hydroxylation is 1. The van der Waals surface area contributed by atoms with Crippen molar-refractivity contribution >= 4 is 39.7 Å². The van der Waals surface area contributed by atoms with Gasteiger partial charge in [0.1, 0.15) is 0 Å². The summed E-state index contributed by atoms with van der Waals surface area (Å²) in [6.07, 6.45) is 13.7. The molecule has 0 N–H and O–H groups in total.